The first kappa shape index (κ1) is 14.6. The first-order chi connectivity index (χ1) is 9.69. The number of rotatable bonds is 4. The lowest BCUT2D eigenvalue weighted by Crippen LogP contribution is -2.38. The minimum Gasteiger partial charge on any atom is -0.364 e. The number of nitrogens with one attached hydrogen (secondary N) is 1. The molecule has 5 nitrogen and oxygen atoms in total. The zero-order chi connectivity index (χ0) is 14.4. The Labute approximate surface area is 126 Å². The van der Waals surface area contributed by atoms with Crippen LogP contribution in [0, 0.1) is 0 Å². The van der Waals surface area contributed by atoms with E-state index in [1.165, 1.54) is 5.56 Å². The second-order valence-electron chi connectivity index (χ2n) is 4.37. The van der Waals surface area contributed by atoms with E-state index in [2.05, 4.69) is 48.4 Å². The molecule has 0 unspecified atom stereocenters. The molecule has 0 aliphatic heterocycles. The summed E-state index contributed by atoms with van der Waals surface area (Å²) in [4.78, 5) is 6.32. The molecule has 0 amide bonds. The van der Waals surface area contributed by atoms with E-state index in [0.717, 1.165) is 22.7 Å². The molecule has 1 N–H and O–H groups in total. The van der Waals surface area contributed by atoms with Crippen molar-refractivity contribution in [2.75, 3.05) is 14.1 Å². The zero-order valence-electron chi connectivity index (χ0n) is 11.5. The van der Waals surface area contributed by atoms with E-state index in [1.807, 2.05) is 25.2 Å². The molecule has 2 rings (SSSR count). The van der Waals surface area contributed by atoms with Crippen molar-refractivity contribution < 1.29 is 4.52 Å². The highest BCUT2D eigenvalue weighted by Crippen LogP contribution is 2.11. The summed E-state index contributed by atoms with van der Waals surface area (Å²) >= 11 is 3.44. The molecule has 0 saturated heterocycles. The van der Waals surface area contributed by atoms with E-state index >= 15 is 0 Å². The number of hydrogen-bond donors (Lipinski definition) is 1. The number of halogens is 1. The Kier molecular flexibility index (Phi) is 5.17. The SMILES string of the molecule is CN=C(NCc1ccon1)N(C)Cc1ccc(Br)cc1. The van der Waals surface area contributed by atoms with Crippen molar-refractivity contribution in [1.82, 2.24) is 15.4 Å². The zero-order valence-corrected chi connectivity index (χ0v) is 13.1. The fraction of sp³-hybridized carbons (Fsp3) is 0.286. The Morgan fingerprint density at radius 1 is 1.35 bits per heavy atom. The number of guanidine groups is 1. The Morgan fingerprint density at radius 2 is 2.10 bits per heavy atom. The maximum Gasteiger partial charge on any atom is 0.194 e. The van der Waals surface area contributed by atoms with Crippen LogP contribution in [0.2, 0.25) is 0 Å². The van der Waals surface area contributed by atoms with E-state index in [9.17, 15) is 0 Å². The van der Waals surface area contributed by atoms with E-state index in [4.69, 9.17) is 4.52 Å². The summed E-state index contributed by atoms with van der Waals surface area (Å²) in [6.45, 7) is 1.37. The molecule has 0 atom stereocenters. The quantitative estimate of drug-likeness (QED) is 0.688. The molecule has 6 heteroatoms. The second kappa shape index (κ2) is 7.09. The Hall–Kier alpha value is -1.82. The number of benzene rings is 1. The summed E-state index contributed by atoms with van der Waals surface area (Å²) in [5.41, 5.74) is 2.07. The third kappa shape index (κ3) is 4.09. The molecule has 1 aromatic carbocycles. The summed E-state index contributed by atoms with van der Waals surface area (Å²) < 4.78 is 5.88. The average molecular weight is 337 g/mol. The highest BCUT2D eigenvalue weighted by molar-refractivity contribution is 9.10. The minimum absolute atomic E-state index is 0.591. The van der Waals surface area contributed by atoms with Crippen LogP contribution in [0.3, 0.4) is 0 Å². The van der Waals surface area contributed by atoms with Crippen molar-refractivity contribution in [2.45, 2.75) is 13.1 Å². The van der Waals surface area contributed by atoms with Crippen LogP contribution in [0.4, 0.5) is 0 Å². The predicted molar refractivity (Wildman–Crippen MR) is 82.3 cm³/mol. The van der Waals surface area contributed by atoms with Gasteiger partial charge in [0.05, 0.1) is 6.54 Å². The smallest absolute Gasteiger partial charge is 0.194 e. The van der Waals surface area contributed by atoms with Gasteiger partial charge in [-0.2, -0.15) is 0 Å². The minimum atomic E-state index is 0.591. The van der Waals surface area contributed by atoms with Gasteiger partial charge in [-0.05, 0) is 17.7 Å². The van der Waals surface area contributed by atoms with Crippen LogP contribution in [-0.2, 0) is 13.1 Å². The molecule has 0 radical (unpaired) electrons. The van der Waals surface area contributed by atoms with Gasteiger partial charge in [0, 0.05) is 31.2 Å². The number of hydrogen-bond acceptors (Lipinski definition) is 3. The van der Waals surface area contributed by atoms with E-state index < -0.39 is 0 Å². The lowest BCUT2D eigenvalue weighted by Gasteiger charge is -2.21. The molecule has 0 bridgehead atoms. The van der Waals surface area contributed by atoms with Gasteiger partial charge < -0.3 is 14.7 Å². The Morgan fingerprint density at radius 3 is 2.70 bits per heavy atom. The molecule has 1 heterocycles. The van der Waals surface area contributed by atoms with Gasteiger partial charge in [-0.1, -0.05) is 33.2 Å². The third-order valence-electron chi connectivity index (χ3n) is 2.83. The highest BCUT2D eigenvalue weighted by Gasteiger charge is 2.07. The van der Waals surface area contributed by atoms with Crippen molar-refractivity contribution in [1.29, 1.82) is 0 Å². The molecule has 0 aliphatic carbocycles. The fourth-order valence-electron chi connectivity index (χ4n) is 1.82. The Bertz CT molecular complexity index is 551. The average Bonchev–Trinajstić information content (AvgIpc) is 2.95. The van der Waals surface area contributed by atoms with Crippen molar-refractivity contribution >= 4 is 21.9 Å². The van der Waals surface area contributed by atoms with Gasteiger partial charge in [-0.3, -0.25) is 4.99 Å². The maximum atomic E-state index is 4.80. The van der Waals surface area contributed by atoms with Crippen LogP contribution in [0.25, 0.3) is 0 Å². The number of aromatic nitrogens is 1. The Balaban J connectivity index is 1.91. The molecule has 106 valence electrons. The van der Waals surface area contributed by atoms with Gasteiger partial charge in [0.15, 0.2) is 5.96 Å². The summed E-state index contributed by atoms with van der Waals surface area (Å²) in [6, 6.07) is 10.1. The van der Waals surface area contributed by atoms with Crippen LogP contribution in [0.15, 0.2) is 50.6 Å². The highest BCUT2D eigenvalue weighted by atomic mass is 79.9. The van der Waals surface area contributed by atoms with Gasteiger partial charge in [0.2, 0.25) is 0 Å². The first-order valence-corrected chi connectivity index (χ1v) is 7.04. The molecule has 0 aliphatic rings. The molecule has 2 aromatic rings. The summed E-state index contributed by atoms with van der Waals surface area (Å²) in [5, 5.41) is 7.11. The van der Waals surface area contributed by atoms with Crippen molar-refractivity contribution in [3.63, 3.8) is 0 Å². The van der Waals surface area contributed by atoms with Crippen LogP contribution in [0.5, 0.6) is 0 Å². The molecule has 1 aromatic heterocycles. The van der Waals surface area contributed by atoms with E-state index in [0.29, 0.717) is 6.54 Å². The second-order valence-corrected chi connectivity index (χ2v) is 5.29. The van der Waals surface area contributed by atoms with Gasteiger partial charge in [-0.15, -0.1) is 0 Å². The van der Waals surface area contributed by atoms with E-state index in [1.54, 1.807) is 13.3 Å². The van der Waals surface area contributed by atoms with Crippen LogP contribution < -0.4 is 5.32 Å². The monoisotopic (exact) mass is 336 g/mol. The van der Waals surface area contributed by atoms with Crippen LogP contribution >= 0.6 is 15.9 Å². The number of aliphatic imine (C=N–C) groups is 1. The van der Waals surface area contributed by atoms with Gasteiger partial charge in [0.25, 0.3) is 0 Å². The maximum absolute atomic E-state index is 4.80. The van der Waals surface area contributed by atoms with Crippen LogP contribution in [-0.4, -0.2) is 30.1 Å². The number of nitrogens with zero attached hydrogens (tertiary/aromatic N) is 3. The third-order valence-corrected chi connectivity index (χ3v) is 3.35. The first-order valence-electron chi connectivity index (χ1n) is 6.24. The van der Waals surface area contributed by atoms with E-state index in [-0.39, 0.29) is 0 Å². The summed E-state index contributed by atoms with van der Waals surface area (Å²) in [5.74, 6) is 0.816. The van der Waals surface area contributed by atoms with Gasteiger partial charge >= 0.3 is 0 Å². The van der Waals surface area contributed by atoms with Crippen molar-refractivity contribution in [3.8, 4) is 0 Å². The summed E-state index contributed by atoms with van der Waals surface area (Å²) in [6.07, 6.45) is 1.56. The normalized spacial score (nSPS) is 11.4. The standard InChI is InChI=1S/C14H17BrN4O/c1-16-14(17-9-13-7-8-20-18-13)19(2)10-11-3-5-12(15)6-4-11/h3-8H,9-10H2,1-2H3,(H,16,17). The lowest BCUT2D eigenvalue weighted by atomic mass is 10.2. The van der Waals surface area contributed by atoms with Crippen molar-refractivity contribution in [2.24, 2.45) is 4.99 Å². The molecule has 20 heavy (non-hydrogen) atoms. The fourth-order valence-corrected chi connectivity index (χ4v) is 2.09. The molecular weight excluding hydrogens is 320 g/mol. The van der Waals surface area contributed by atoms with Crippen molar-refractivity contribution in [3.05, 3.63) is 52.3 Å². The molecule has 0 spiro atoms. The predicted octanol–water partition coefficient (Wildman–Crippen LogP) is 2.64. The van der Waals surface area contributed by atoms with Crippen LogP contribution in [0.1, 0.15) is 11.3 Å². The lowest BCUT2D eigenvalue weighted by molar-refractivity contribution is 0.409. The molecular formula is C14H17BrN4O. The summed E-state index contributed by atoms with van der Waals surface area (Å²) in [7, 11) is 3.77. The largest absolute Gasteiger partial charge is 0.364 e. The van der Waals surface area contributed by atoms with Gasteiger partial charge in [0.1, 0.15) is 12.0 Å². The molecule has 0 saturated carbocycles. The van der Waals surface area contributed by atoms with Gasteiger partial charge in [-0.25, -0.2) is 0 Å². The molecule has 0 fully saturated rings. The topological polar surface area (TPSA) is 53.7 Å².